The van der Waals surface area contributed by atoms with Crippen molar-refractivity contribution in [2.75, 3.05) is 6.54 Å². The predicted octanol–water partition coefficient (Wildman–Crippen LogP) is 3.49. The van der Waals surface area contributed by atoms with Crippen molar-refractivity contribution < 1.29 is 14.3 Å². The molecule has 0 aliphatic rings. The van der Waals surface area contributed by atoms with Gasteiger partial charge in [-0.15, -0.1) is 0 Å². The van der Waals surface area contributed by atoms with E-state index in [1.165, 1.54) is 18.2 Å². The topological polar surface area (TPSA) is 62.2 Å². The highest BCUT2D eigenvalue weighted by Crippen LogP contribution is 2.25. The summed E-state index contributed by atoms with van der Waals surface area (Å²) in [4.78, 5) is 16.6. The highest BCUT2D eigenvalue weighted by molar-refractivity contribution is 6.36. The third-order valence-electron chi connectivity index (χ3n) is 3.68. The number of fused-ring (bicyclic) bond motifs is 1. The normalized spacial score (nSPS) is 12.1. The van der Waals surface area contributed by atoms with E-state index in [4.69, 9.17) is 11.6 Å². The molecule has 3 aromatic rings. The number of nitrogens with zero attached hydrogens (tertiary/aromatic N) is 1. The van der Waals surface area contributed by atoms with Gasteiger partial charge in [0.2, 0.25) is 0 Å². The molecule has 2 aromatic carbocycles. The lowest BCUT2D eigenvalue weighted by Crippen LogP contribution is -2.29. The average Bonchev–Trinajstić information content (AvgIpc) is 2.60. The number of aliphatic hydroxyl groups excluding tert-OH is 1. The Kier molecular flexibility index (Phi) is 4.74. The molecule has 6 heteroatoms. The highest BCUT2D eigenvalue weighted by Gasteiger charge is 2.16. The van der Waals surface area contributed by atoms with Crippen molar-refractivity contribution in [1.82, 2.24) is 10.3 Å². The molecule has 0 bridgehead atoms. The van der Waals surface area contributed by atoms with E-state index in [0.717, 1.165) is 0 Å². The number of benzene rings is 2. The molecule has 24 heavy (non-hydrogen) atoms. The number of pyridine rings is 1. The summed E-state index contributed by atoms with van der Waals surface area (Å²) in [5.74, 6) is -0.927. The number of hydrogen-bond donors (Lipinski definition) is 2. The fourth-order valence-corrected chi connectivity index (χ4v) is 2.68. The number of nitrogens with one attached hydrogen (secondary N) is 1. The van der Waals surface area contributed by atoms with Crippen molar-refractivity contribution >= 4 is 28.4 Å². The van der Waals surface area contributed by atoms with Gasteiger partial charge in [-0.1, -0.05) is 29.8 Å². The number of amides is 1. The Morgan fingerprint density at radius 3 is 2.79 bits per heavy atom. The van der Waals surface area contributed by atoms with E-state index in [2.05, 4.69) is 10.3 Å². The van der Waals surface area contributed by atoms with Gasteiger partial charge in [0, 0.05) is 23.7 Å². The van der Waals surface area contributed by atoms with Crippen molar-refractivity contribution in [3.05, 3.63) is 76.7 Å². The van der Waals surface area contributed by atoms with Crippen LogP contribution in [-0.4, -0.2) is 22.5 Å². The molecular weight excluding hydrogens is 331 g/mol. The Morgan fingerprint density at radius 2 is 2.00 bits per heavy atom. The van der Waals surface area contributed by atoms with Crippen LogP contribution >= 0.6 is 11.6 Å². The van der Waals surface area contributed by atoms with Crippen LogP contribution in [0.2, 0.25) is 5.02 Å². The van der Waals surface area contributed by atoms with E-state index < -0.39 is 17.8 Å². The van der Waals surface area contributed by atoms with Crippen molar-refractivity contribution in [3.63, 3.8) is 0 Å². The van der Waals surface area contributed by atoms with E-state index in [1.807, 2.05) is 0 Å². The summed E-state index contributed by atoms with van der Waals surface area (Å²) in [7, 11) is 0. The first kappa shape index (κ1) is 16.4. The lowest BCUT2D eigenvalue weighted by Gasteiger charge is -2.13. The standard InChI is InChI=1S/C18H14ClFN2O2/c19-14-8-7-13(17-11(14)5-3-9-21-17)18(24)22-10-16(23)12-4-1-2-6-15(12)20/h1-9,16,23H,10H2,(H,22,24). The van der Waals surface area contributed by atoms with Gasteiger partial charge in [0.25, 0.3) is 5.91 Å². The van der Waals surface area contributed by atoms with Gasteiger partial charge in [-0.25, -0.2) is 4.39 Å². The molecule has 0 radical (unpaired) electrons. The van der Waals surface area contributed by atoms with E-state index >= 15 is 0 Å². The minimum absolute atomic E-state index is 0.114. The largest absolute Gasteiger partial charge is 0.386 e. The monoisotopic (exact) mass is 344 g/mol. The molecular formula is C18H14ClFN2O2. The molecule has 0 spiro atoms. The van der Waals surface area contributed by atoms with Crippen LogP contribution in [0.25, 0.3) is 10.9 Å². The molecule has 122 valence electrons. The van der Waals surface area contributed by atoms with E-state index in [0.29, 0.717) is 21.5 Å². The van der Waals surface area contributed by atoms with Crippen LogP contribution in [0.3, 0.4) is 0 Å². The van der Waals surface area contributed by atoms with Crippen molar-refractivity contribution in [2.45, 2.75) is 6.10 Å². The minimum Gasteiger partial charge on any atom is -0.386 e. The molecule has 0 aliphatic carbocycles. The molecule has 1 atom stereocenters. The van der Waals surface area contributed by atoms with Crippen LogP contribution in [0.1, 0.15) is 22.0 Å². The molecule has 3 rings (SSSR count). The van der Waals surface area contributed by atoms with Gasteiger partial charge in [-0.2, -0.15) is 0 Å². The van der Waals surface area contributed by atoms with Crippen molar-refractivity contribution in [2.24, 2.45) is 0 Å². The van der Waals surface area contributed by atoms with Gasteiger partial charge < -0.3 is 10.4 Å². The zero-order valence-corrected chi connectivity index (χ0v) is 13.3. The number of hydrogen-bond acceptors (Lipinski definition) is 3. The first-order chi connectivity index (χ1) is 11.6. The lowest BCUT2D eigenvalue weighted by atomic mass is 10.1. The van der Waals surface area contributed by atoms with Crippen LogP contribution in [0.4, 0.5) is 4.39 Å². The number of carbonyl (C=O) groups excluding carboxylic acids is 1. The Morgan fingerprint density at radius 1 is 1.21 bits per heavy atom. The number of aromatic nitrogens is 1. The number of carbonyl (C=O) groups is 1. The maximum absolute atomic E-state index is 13.6. The van der Waals surface area contributed by atoms with Crippen LogP contribution in [0.15, 0.2) is 54.7 Å². The lowest BCUT2D eigenvalue weighted by molar-refractivity contribution is 0.0915. The van der Waals surface area contributed by atoms with E-state index in [-0.39, 0.29) is 12.1 Å². The van der Waals surface area contributed by atoms with Gasteiger partial charge in [0.15, 0.2) is 0 Å². The molecule has 0 saturated carbocycles. The summed E-state index contributed by atoms with van der Waals surface area (Å²) in [6, 6.07) is 12.6. The van der Waals surface area contributed by atoms with Crippen LogP contribution in [-0.2, 0) is 0 Å². The van der Waals surface area contributed by atoms with E-state index in [9.17, 15) is 14.3 Å². The Bertz CT molecular complexity index is 901. The summed E-state index contributed by atoms with van der Waals surface area (Å²) in [5, 5.41) is 13.8. The van der Waals surface area contributed by atoms with Gasteiger partial charge in [-0.05, 0) is 30.3 Å². The number of rotatable bonds is 4. The van der Waals surface area contributed by atoms with Crippen LogP contribution < -0.4 is 5.32 Å². The SMILES string of the molecule is O=C(NCC(O)c1ccccc1F)c1ccc(Cl)c2cccnc12. The first-order valence-corrected chi connectivity index (χ1v) is 7.69. The van der Waals surface area contributed by atoms with Gasteiger partial charge in [0.05, 0.1) is 22.2 Å². The second-order valence-electron chi connectivity index (χ2n) is 5.24. The molecule has 4 nitrogen and oxygen atoms in total. The number of halogens is 2. The summed E-state index contributed by atoms with van der Waals surface area (Å²) in [6.45, 7) is -0.114. The molecule has 2 N–H and O–H groups in total. The zero-order valence-electron chi connectivity index (χ0n) is 12.5. The molecule has 0 saturated heterocycles. The molecule has 1 heterocycles. The minimum atomic E-state index is -1.14. The van der Waals surface area contributed by atoms with Gasteiger partial charge >= 0.3 is 0 Å². The molecule has 0 fully saturated rings. The Balaban J connectivity index is 1.79. The summed E-state index contributed by atoms with van der Waals surface area (Å²) < 4.78 is 13.6. The van der Waals surface area contributed by atoms with Crippen LogP contribution in [0.5, 0.6) is 0 Å². The van der Waals surface area contributed by atoms with Crippen molar-refractivity contribution in [1.29, 1.82) is 0 Å². The zero-order chi connectivity index (χ0) is 17.1. The summed E-state index contributed by atoms with van der Waals surface area (Å²) >= 11 is 6.11. The van der Waals surface area contributed by atoms with E-state index in [1.54, 1.807) is 36.5 Å². The fourth-order valence-electron chi connectivity index (χ4n) is 2.46. The Hall–Kier alpha value is -2.50. The first-order valence-electron chi connectivity index (χ1n) is 7.32. The second kappa shape index (κ2) is 6.95. The molecule has 1 unspecified atom stereocenters. The molecule has 0 aliphatic heterocycles. The maximum Gasteiger partial charge on any atom is 0.253 e. The summed E-state index contributed by atoms with van der Waals surface area (Å²) in [5.41, 5.74) is 0.954. The third kappa shape index (κ3) is 3.22. The fraction of sp³-hybridized carbons (Fsp3) is 0.111. The van der Waals surface area contributed by atoms with Crippen molar-refractivity contribution in [3.8, 4) is 0 Å². The third-order valence-corrected chi connectivity index (χ3v) is 4.01. The van der Waals surface area contributed by atoms with Gasteiger partial charge in [0.1, 0.15) is 5.82 Å². The Labute approximate surface area is 142 Å². The molecule has 1 amide bonds. The van der Waals surface area contributed by atoms with Gasteiger partial charge in [-0.3, -0.25) is 9.78 Å². The smallest absolute Gasteiger partial charge is 0.253 e. The predicted molar refractivity (Wildman–Crippen MR) is 90.4 cm³/mol. The average molecular weight is 345 g/mol. The summed E-state index contributed by atoms with van der Waals surface area (Å²) in [6.07, 6.45) is 0.436. The molecule has 1 aromatic heterocycles. The highest BCUT2D eigenvalue weighted by atomic mass is 35.5. The maximum atomic E-state index is 13.6. The number of aliphatic hydroxyl groups is 1. The second-order valence-corrected chi connectivity index (χ2v) is 5.65. The van der Waals surface area contributed by atoms with Crippen LogP contribution in [0, 0.1) is 5.82 Å². The quantitative estimate of drug-likeness (QED) is 0.761.